The van der Waals surface area contributed by atoms with E-state index < -0.39 is 6.09 Å². The van der Waals surface area contributed by atoms with Gasteiger partial charge in [-0.05, 0) is 26.0 Å². The number of anilines is 1. The fourth-order valence-electron chi connectivity index (χ4n) is 0.842. The van der Waals surface area contributed by atoms with Gasteiger partial charge in [-0.25, -0.2) is 9.78 Å². The number of rotatable bonds is 2. The Morgan fingerprint density at radius 3 is 2.93 bits per heavy atom. The number of carbonyl (C=O) groups excluding carboxylic acids is 1. The molecule has 1 amide bonds. The molecule has 0 saturated heterocycles. The van der Waals surface area contributed by atoms with E-state index in [1.54, 1.807) is 26.0 Å². The average Bonchev–Trinajstić information content (AvgIpc) is 2.01. The van der Waals surface area contributed by atoms with Gasteiger partial charge in [-0.1, -0.05) is 11.6 Å². The van der Waals surface area contributed by atoms with Gasteiger partial charge in [0.25, 0.3) is 0 Å². The van der Waals surface area contributed by atoms with Gasteiger partial charge >= 0.3 is 6.09 Å². The number of pyridine rings is 1. The summed E-state index contributed by atoms with van der Waals surface area (Å²) >= 11 is 5.63. The van der Waals surface area contributed by atoms with Crippen molar-refractivity contribution in [2.45, 2.75) is 20.0 Å². The molecule has 0 aliphatic rings. The zero-order valence-corrected chi connectivity index (χ0v) is 8.71. The minimum absolute atomic E-state index is 0.146. The van der Waals surface area contributed by atoms with Crippen LogP contribution in [0.25, 0.3) is 0 Å². The number of nitrogens with one attached hydrogen (secondary N) is 1. The molecule has 0 aliphatic heterocycles. The third kappa shape index (κ3) is 3.62. The molecule has 0 unspecified atom stereocenters. The number of hydrogen-bond acceptors (Lipinski definition) is 3. The molecule has 0 atom stereocenters. The van der Waals surface area contributed by atoms with Gasteiger partial charge in [-0.15, -0.1) is 0 Å². The van der Waals surface area contributed by atoms with Crippen molar-refractivity contribution in [3.8, 4) is 0 Å². The van der Waals surface area contributed by atoms with E-state index >= 15 is 0 Å². The first-order valence-corrected chi connectivity index (χ1v) is 4.55. The topological polar surface area (TPSA) is 51.2 Å². The molecule has 1 aromatic rings. The van der Waals surface area contributed by atoms with Gasteiger partial charge in [-0.2, -0.15) is 0 Å². The number of ether oxygens (including phenoxy) is 1. The molecule has 0 bridgehead atoms. The van der Waals surface area contributed by atoms with E-state index in [-0.39, 0.29) is 6.10 Å². The first-order chi connectivity index (χ1) is 6.58. The standard InChI is InChI=1S/C9H11ClN2O2/c1-6(2)14-9(13)12-7-3-4-11-8(10)5-7/h3-6H,1-2H3,(H,11,12,13). The zero-order chi connectivity index (χ0) is 10.6. The van der Waals surface area contributed by atoms with Crippen LogP contribution in [0.5, 0.6) is 0 Å². The second kappa shape index (κ2) is 4.81. The Hall–Kier alpha value is -1.29. The van der Waals surface area contributed by atoms with E-state index in [4.69, 9.17) is 16.3 Å². The lowest BCUT2D eigenvalue weighted by Crippen LogP contribution is -2.17. The minimum Gasteiger partial charge on any atom is -0.447 e. The monoisotopic (exact) mass is 214 g/mol. The summed E-state index contributed by atoms with van der Waals surface area (Å²) in [7, 11) is 0. The van der Waals surface area contributed by atoms with Crippen molar-refractivity contribution in [3.05, 3.63) is 23.5 Å². The van der Waals surface area contributed by atoms with Gasteiger partial charge in [0.1, 0.15) is 5.15 Å². The molecule has 76 valence electrons. The lowest BCUT2D eigenvalue weighted by Gasteiger charge is -2.09. The summed E-state index contributed by atoms with van der Waals surface area (Å²) in [6.45, 7) is 3.55. The number of amides is 1. The van der Waals surface area contributed by atoms with Crippen molar-refractivity contribution in [3.63, 3.8) is 0 Å². The van der Waals surface area contributed by atoms with Crippen LogP contribution >= 0.6 is 11.6 Å². The lowest BCUT2D eigenvalue weighted by molar-refractivity contribution is 0.130. The molecular weight excluding hydrogens is 204 g/mol. The molecule has 0 saturated carbocycles. The summed E-state index contributed by atoms with van der Waals surface area (Å²) < 4.78 is 4.88. The van der Waals surface area contributed by atoms with Crippen LogP contribution in [0, 0.1) is 0 Å². The zero-order valence-electron chi connectivity index (χ0n) is 7.95. The molecule has 4 nitrogen and oxygen atoms in total. The van der Waals surface area contributed by atoms with Crippen molar-refractivity contribution < 1.29 is 9.53 Å². The molecule has 1 rings (SSSR count). The number of nitrogens with zero attached hydrogens (tertiary/aromatic N) is 1. The molecule has 0 fully saturated rings. The van der Waals surface area contributed by atoms with E-state index in [9.17, 15) is 4.79 Å². The van der Waals surface area contributed by atoms with Gasteiger partial charge in [0.05, 0.1) is 6.10 Å². The molecule has 5 heteroatoms. The number of halogens is 1. The third-order valence-corrected chi connectivity index (χ3v) is 1.52. The highest BCUT2D eigenvalue weighted by atomic mass is 35.5. The molecule has 0 aliphatic carbocycles. The summed E-state index contributed by atoms with van der Waals surface area (Å²) in [6, 6.07) is 3.18. The number of aromatic nitrogens is 1. The smallest absolute Gasteiger partial charge is 0.411 e. The molecule has 1 aromatic heterocycles. The van der Waals surface area contributed by atoms with Crippen molar-refractivity contribution >= 4 is 23.4 Å². The average molecular weight is 215 g/mol. The van der Waals surface area contributed by atoms with Crippen LogP contribution in [0.15, 0.2) is 18.3 Å². The highest BCUT2D eigenvalue weighted by Gasteiger charge is 2.05. The van der Waals surface area contributed by atoms with E-state index in [1.165, 1.54) is 6.20 Å². The molecule has 0 radical (unpaired) electrons. The van der Waals surface area contributed by atoms with Gasteiger partial charge in [-0.3, -0.25) is 5.32 Å². The molecule has 1 heterocycles. The van der Waals surface area contributed by atoms with Gasteiger partial charge in [0.15, 0.2) is 0 Å². The Balaban J connectivity index is 2.56. The summed E-state index contributed by atoms with van der Waals surface area (Å²) in [5, 5.41) is 2.85. The van der Waals surface area contributed by atoms with Gasteiger partial charge in [0.2, 0.25) is 0 Å². The van der Waals surface area contributed by atoms with Crippen LogP contribution in [-0.2, 0) is 4.74 Å². The fourth-order valence-corrected chi connectivity index (χ4v) is 1.02. The maximum Gasteiger partial charge on any atom is 0.411 e. The molecular formula is C9H11ClN2O2. The second-order valence-corrected chi connectivity index (χ2v) is 3.33. The van der Waals surface area contributed by atoms with Crippen molar-refractivity contribution in [2.75, 3.05) is 5.32 Å². The summed E-state index contributed by atoms with van der Waals surface area (Å²) in [5.41, 5.74) is 0.565. The summed E-state index contributed by atoms with van der Waals surface area (Å²) in [6.07, 6.45) is 0.863. The van der Waals surface area contributed by atoms with Gasteiger partial charge < -0.3 is 4.74 Å². The molecule has 1 N–H and O–H groups in total. The van der Waals surface area contributed by atoms with Crippen LogP contribution < -0.4 is 5.32 Å². The lowest BCUT2D eigenvalue weighted by atomic mass is 10.4. The largest absolute Gasteiger partial charge is 0.447 e. The second-order valence-electron chi connectivity index (χ2n) is 2.95. The van der Waals surface area contributed by atoms with Crippen LogP contribution in [0.3, 0.4) is 0 Å². The highest BCUT2D eigenvalue weighted by molar-refractivity contribution is 6.29. The minimum atomic E-state index is -0.498. The maximum absolute atomic E-state index is 11.1. The van der Waals surface area contributed by atoms with Crippen LogP contribution in [0.1, 0.15) is 13.8 Å². The van der Waals surface area contributed by atoms with E-state index in [2.05, 4.69) is 10.3 Å². The third-order valence-electron chi connectivity index (χ3n) is 1.32. The normalized spacial score (nSPS) is 10.0. The van der Waals surface area contributed by atoms with Crippen molar-refractivity contribution in [1.29, 1.82) is 0 Å². The first-order valence-electron chi connectivity index (χ1n) is 4.17. The predicted molar refractivity (Wildman–Crippen MR) is 54.5 cm³/mol. The Kier molecular flexibility index (Phi) is 3.71. The molecule has 0 spiro atoms. The summed E-state index contributed by atoms with van der Waals surface area (Å²) in [5.74, 6) is 0. The van der Waals surface area contributed by atoms with Crippen molar-refractivity contribution in [2.24, 2.45) is 0 Å². The number of carbonyl (C=O) groups is 1. The van der Waals surface area contributed by atoms with Gasteiger partial charge in [0, 0.05) is 11.9 Å². The first kappa shape index (κ1) is 10.8. The van der Waals surface area contributed by atoms with E-state index in [1.807, 2.05) is 0 Å². The van der Waals surface area contributed by atoms with E-state index in [0.717, 1.165) is 0 Å². The van der Waals surface area contributed by atoms with Crippen molar-refractivity contribution in [1.82, 2.24) is 4.98 Å². The fraction of sp³-hybridized carbons (Fsp3) is 0.333. The molecule has 0 aromatic carbocycles. The predicted octanol–water partition coefficient (Wildman–Crippen LogP) is 2.69. The summed E-state index contributed by atoms with van der Waals surface area (Å²) in [4.78, 5) is 14.9. The quantitative estimate of drug-likeness (QED) is 0.771. The van der Waals surface area contributed by atoms with Crippen LogP contribution in [0.2, 0.25) is 5.15 Å². The Morgan fingerprint density at radius 2 is 2.36 bits per heavy atom. The Morgan fingerprint density at radius 1 is 1.64 bits per heavy atom. The highest BCUT2D eigenvalue weighted by Crippen LogP contribution is 2.12. The Labute approximate surface area is 87.2 Å². The Bertz CT molecular complexity index is 328. The van der Waals surface area contributed by atoms with Crippen LogP contribution in [-0.4, -0.2) is 17.2 Å². The maximum atomic E-state index is 11.1. The molecule has 14 heavy (non-hydrogen) atoms. The SMILES string of the molecule is CC(C)OC(=O)Nc1ccnc(Cl)c1. The van der Waals surface area contributed by atoms with E-state index in [0.29, 0.717) is 10.8 Å². The number of hydrogen-bond donors (Lipinski definition) is 1. The van der Waals surface area contributed by atoms with Crippen LogP contribution in [0.4, 0.5) is 10.5 Å².